The Morgan fingerprint density at radius 1 is 1.19 bits per heavy atom. The number of carbonyl (C=O) groups is 1. The van der Waals surface area contributed by atoms with Gasteiger partial charge < -0.3 is 30.3 Å². The van der Waals surface area contributed by atoms with Gasteiger partial charge in [0.2, 0.25) is 5.91 Å². The minimum Gasteiger partial charge on any atom is -0.508 e. The Hall–Kier alpha value is -2.61. The minimum absolute atomic E-state index is 0.0689. The van der Waals surface area contributed by atoms with Crippen molar-refractivity contribution in [1.29, 1.82) is 0 Å². The van der Waals surface area contributed by atoms with E-state index in [0.717, 1.165) is 37.1 Å². The van der Waals surface area contributed by atoms with E-state index in [1.807, 2.05) is 31.2 Å². The van der Waals surface area contributed by atoms with E-state index in [4.69, 9.17) is 4.74 Å². The highest BCUT2D eigenvalue weighted by molar-refractivity contribution is 5.73. The Morgan fingerprint density at radius 3 is 2.50 bits per heavy atom. The highest BCUT2D eigenvalue weighted by atomic mass is 16.5. The summed E-state index contributed by atoms with van der Waals surface area (Å²) in [6.07, 6.45) is 0.791. The predicted molar refractivity (Wildman–Crippen MR) is 120 cm³/mol. The van der Waals surface area contributed by atoms with Crippen molar-refractivity contribution in [2.24, 2.45) is 0 Å². The van der Waals surface area contributed by atoms with Crippen molar-refractivity contribution >= 4 is 5.91 Å². The van der Waals surface area contributed by atoms with Gasteiger partial charge in [-0.2, -0.15) is 0 Å². The summed E-state index contributed by atoms with van der Waals surface area (Å²) >= 11 is 0. The Balaban J connectivity index is 1.33. The Morgan fingerprint density at radius 2 is 1.84 bits per heavy atom. The molecule has 0 unspecified atom stereocenters. The fourth-order valence-electron chi connectivity index (χ4n) is 4.82. The number of phenols is 1. The average molecular weight is 441 g/mol. The van der Waals surface area contributed by atoms with Crippen LogP contribution >= 0.6 is 0 Å². The third-order valence-electron chi connectivity index (χ3n) is 6.68. The van der Waals surface area contributed by atoms with Gasteiger partial charge in [-0.25, -0.2) is 0 Å². The van der Waals surface area contributed by atoms with E-state index < -0.39 is 17.8 Å². The van der Waals surface area contributed by atoms with Crippen LogP contribution in [0.2, 0.25) is 0 Å². The van der Waals surface area contributed by atoms with Crippen molar-refractivity contribution in [1.82, 2.24) is 10.2 Å². The largest absolute Gasteiger partial charge is 0.508 e. The highest BCUT2D eigenvalue weighted by Crippen LogP contribution is 2.45. The number of phenolic OH excluding ortho intramolecular Hbond substituents is 1. The van der Waals surface area contributed by atoms with Gasteiger partial charge in [0.05, 0.1) is 18.2 Å². The Labute approximate surface area is 188 Å². The van der Waals surface area contributed by atoms with E-state index in [0.29, 0.717) is 24.3 Å². The molecule has 0 bridgehead atoms. The average Bonchev–Trinajstić information content (AvgIpc) is 2.76. The van der Waals surface area contributed by atoms with Crippen LogP contribution in [-0.2, 0) is 4.79 Å². The van der Waals surface area contributed by atoms with E-state index in [2.05, 4.69) is 10.2 Å². The molecule has 4 N–H and O–H groups in total. The maximum atomic E-state index is 11.2. The van der Waals surface area contributed by atoms with Crippen molar-refractivity contribution in [2.75, 3.05) is 19.6 Å². The summed E-state index contributed by atoms with van der Waals surface area (Å²) in [6, 6.07) is 12.5. The number of aliphatic hydroxyl groups excluding tert-OH is 2. The lowest BCUT2D eigenvalue weighted by Crippen LogP contribution is -2.51. The van der Waals surface area contributed by atoms with E-state index in [1.165, 1.54) is 6.92 Å². The fourth-order valence-corrected chi connectivity index (χ4v) is 4.82. The first-order valence-corrected chi connectivity index (χ1v) is 11.2. The lowest BCUT2D eigenvalue weighted by atomic mass is 9.81. The van der Waals surface area contributed by atoms with Crippen LogP contribution in [0, 0.1) is 0 Å². The topological polar surface area (TPSA) is 102 Å². The van der Waals surface area contributed by atoms with Crippen LogP contribution in [0.1, 0.15) is 68.1 Å². The second kappa shape index (κ2) is 9.10. The second-order valence-corrected chi connectivity index (χ2v) is 9.13. The van der Waals surface area contributed by atoms with Crippen molar-refractivity contribution < 1.29 is 24.9 Å². The van der Waals surface area contributed by atoms with Gasteiger partial charge in [-0.15, -0.1) is 0 Å². The number of ether oxygens (including phenoxy) is 1. The fraction of sp³-hybridized carbons (Fsp3) is 0.480. The third-order valence-corrected chi connectivity index (χ3v) is 6.68. The van der Waals surface area contributed by atoms with Crippen LogP contribution in [0.3, 0.4) is 0 Å². The van der Waals surface area contributed by atoms with Gasteiger partial charge in [-0.05, 0) is 49.1 Å². The monoisotopic (exact) mass is 440 g/mol. The zero-order valence-electron chi connectivity index (χ0n) is 18.6. The van der Waals surface area contributed by atoms with Crippen LogP contribution in [0.5, 0.6) is 11.5 Å². The SMILES string of the molecule is CC(=O)N[C@H](C)c1ccc([C@@H](O)CN2CCC3(CC2)C[C@H](O)c2cc(O)ccc2O3)cc1. The van der Waals surface area contributed by atoms with Crippen LogP contribution < -0.4 is 10.1 Å². The summed E-state index contributed by atoms with van der Waals surface area (Å²) < 4.78 is 6.30. The van der Waals surface area contributed by atoms with Crippen molar-refractivity contribution in [2.45, 2.75) is 57.0 Å². The van der Waals surface area contributed by atoms with E-state index in [-0.39, 0.29) is 17.7 Å². The van der Waals surface area contributed by atoms with Gasteiger partial charge >= 0.3 is 0 Å². The van der Waals surface area contributed by atoms with Crippen molar-refractivity contribution in [3.8, 4) is 11.5 Å². The molecule has 7 heteroatoms. The number of benzene rings is 2. The summed E-state index contributed by atoms with van der Waals surface area (Å²) in [5.74, 6) is 0.702. The third kappa shape index (κ3) is 4.90. The number of aromatic hydroxyl groups is 1. The molecule has 3 atom stereocenters. The highest BCUT2D eigenvalue weighted by Gasteiger charge is 2.43. The predicted octanol–water partition coefficient (Wildman–Crippen LogP) is 2.97. The maximum Gasteiger partial charge on any atom is 0.217 e. The summed E-state index contributed by atoms with van der Waals surface area (Å²) in [4.78, 5) is 13.5. The number of hydrogen-bond donors (Lipinski definition) is 4. The van der Waals surface area contributed by atoms with Gasteiger partial charge in [-0.1, -0.05) is 24.3 Å². The van der Waals surface area contributed by atoms with Gasteiger partial charge in [0.25, 0.3) is 0 Å². The molecule has 2 aliphatic rings. The number of likely N-dealkylation sites (tertiary alicyclic amines) is 1. The number of β-amino-alcohol motifs (C(OH)–C–C–N with tert-alkyl or cyclic N) is 1. The molecule has 2 aromatic rings. The van der Waals surface area contributed by atoms with Crippen LogP contribution in [-0.4, -0.2) is 51.4 Å². The minimum atomic E-state index is -0.651. The number of fused-ring (bicyclic) bond motifs is 1. The van der Waals surface area contributed by atoms with E-state index in [1.54, 1.807) is 18.2 Å². The number of hydrogen-bond acceptors (Lipinski definition) is 6. The zero-order valence-corrected chi connectivity index (χ0v) is 18.6. The van der Waals surface area contributed by atoms with Gasteiger partial charge in [0.15, 0.2) is 0 Å². The molecule has 2 heterocycles. The Bertz CT molecular complexity index is 953. The van der Waals surface area contributed by atoms with Crippen molar-refractivity contribution in [3.05, 3.63) is 59.2 Å². The van der Waals surface area contributed by atoms with Crippen molar-refractivity contribution in [3.63, 3.8) is 0 Å². The zero-order chi connectivity index (χ0) is 22.9. The summed E-state index contributed by atoms with van der Waals surface area (Å²) in [5, 5.41) is 33.9. The quantitative estimate of drug-likeness (QED) is 0.570. The Kier molecular flexibility index (Phi) is 6.42. The van der Waals surface area contributed by atoms with Crippen LogP contribution in [0.4, 0.5) is 0 Å². The molecule has 1 spiro atoms. The first kappa shape index (κ1) is 22.6. The van der Waals surface area contributed by atoms with E-state index in [9.17, 15) is 20.1 Å². The molecule has 4 rings (SSSR count). The number of rotatable bonds is 5. The normalized spacial score (nSPS) is 21.9. The molecule has 7 nitrogen and oxygen atoms in total. The summed E-state index contributed by atoms with van der Waals surface area (Å²) in [6.45, 7) is 5.51. The molecule has 1 saturated heterocycles. The maximum absolute atomic E-state index is 11.2. The van der Waals surface area contributed by atoms with Gasteiger partial charge in [0.1, 0.15) is 17.1 Å². The standard InChI is InChI=1S/C25H32N2O5/c1-16(26-17(2)28)18-3-5-19(6-4-18)23(31)15-27-11-9-25(10-12-27)14-22(30)21-13-20(29)7-8-24(21)32-25/h3-8,13,16,22-23,29-31H,9-12,14-15H2,1-2H3,(H,26,28)/t16-,22+,23+/m1/s1. The number of nitrogens with one attached hydrogen (secondary N) is 1. The number of amides is 1. The molecule has 1 fully saturated rings. The molecular formula is C25H32N2O5. The van der Waals surface area contributed by atoms with Gasteiger partial charge in [0, 0.05) is 38.5 Å². The first-order valence-electron chi connectivity index (χ1n) is 11.2. The molecule has 1 amide bonds. The lowest BCUT2D eigenvalue weighted by Gasteiger charge is -2.46. The second-order valence-electron chi connectivity index (χ2n) is 9.13. The number of aliphatic hydroxyl groups is 2. The van der Waals surface area contributed by atoms with Crippen LogP contribution in [0.25, 0.3) is 0 Å². The lowest BCUT2D eigenvalue weighted by molar-refractivity contribution is -0.119. The molecule has 0 aliphatic carbocycles. The summed E-state index contributed by atoms with van der Waals surface area (Å²) in [7, 11) is 0. The smallest absolute Gasteiger partial charge is 0.217 e. The van der Waals surface area contributed by atoms with Gasteiger partial charge in [-0.3, -0.25) is 4.79 Å². The molecule has 2 aliphatic heterocycles. The first-order chi connectivity index (χ1) is 15.2. The molecule has 0 aromatic heterocycles. The molecule has 0 saturated carbocycles. The van der Waals surface area contributed by atoms with Crippen LogP contribution in [0.15, 0.2) is 42.5 Å². The number of carbonyl (C=O) groups excluding carboxylic acids is 1. The molecule has 172 valence electrons. The summed E-state index contributed by atoms with van der Waals surface area (Å²) in [5.41, 5.74) is 2.08. The molecule has 2 aromatic carbocycles. The number of piperidine rings is 1. The number of nitrogens with zero attached hydrogens (tertiary/aromatic N) is 1. The molecule has 0 radical (unpaired) electrons. The molecule has 32 heavy (non-hydrogen) atoms. The van der Waals surface area contributed by atoms with E-state index >= 15 is 0 Å². The molecular weight excluding hydrogens is 408 g/mol.